The average Bonchev–Trinajstić information content (AvgIpc) is 2.42. The molecule has 1 amide bonds. The number of halogens is 1. The van der Waals surface area contributed by atoms with Crippen molar-refractivity contribution in [2.45, 2.75) is 25.8 Å². The molecule has 1 saturated heterocycles. The van der Waals surface area contributed by atoms with Crippen molar-refractivity contribution in [2.24, 2.45) is 5.73 Å². The first-order valence-corrected chi connectivity index (χ1v) is 6.99. The van der Waals surface area contributed by atoms with Crippen molar-refractivity contribution in [1.29, 1.82) is 0 Å². The minimum absolute atomic E-state index is 0. The molecule has 20 heavy (non-hydrogen) atoms. The number of carbonyl (C=O) groups excluding carboxylic acids is 1. The van der Waals surface area contributed by atoms with Crippen molar-refractivity contribution in [3.05, 3.63) is 30.3 Å². The molecule has 1 fully saturated rings. The highest BCUT2D eigenvalue weighted by atomic mass is 35.5. The fraction of sp³-hybridized carbons (Fsp3) is 0.533. The maximum absolute atomic E-state index is 11.9. The van der Waals surface area contributed by atoms with Gasteiger partial charge in [0, 0.05) is 44.8 Å². The fourth-order valence-electron chi connectivity index (χ4n) is 2.82. The van der Waals surface area contributed by atoms with E-state index in [-0.39, 0.29) is 18.3 Å². The highest BCUT2D eigenvalue weighted by molar-refractivity contribution is 5.92. The van der Waals surface area contributed by atoms with E-state index in [1.807, 2.05) is 35.2 Å². The van der Waals surface area contributed by atoms with Gasteiger partial charge in [0.2, 0.25) is 5.91 Å². The van der Waals surface area contributed by atoms with Crippen molar-refractivity contribution in [2.75, 3.05) is 31.1 Å². The molecule has 1 aromatic carbocycles. The number of nitrogens with two attached hydrogens (primary N) is 1. The summed E-state index contributed by atoms with van der Waals surface area (Å²) >= 11 is 0. The molecule has 1 heterocycles. The molecule has 112 valence electrons. The van der Waals surface area contributed by atoms with Crippen molar-refractivity contribution >= 4 is 24.0 Å². The van der Waals surface area contributed by atoms with Crippen LogP contribution in [0, 0.1) is 0 Å². The van der Waals surface area contributed by atoms with E-state index in [1.54, 1.807) is 6.92 Å². The van der Waals surface area contributed by atoms with Crippen LogP contribution in [0.15, 0.2) is 30.3 Å². The Morgan fingerprint density at radius 1 is 1.30 bits per heavy atom. The van der Waals surface area contributed by atoms with E-state index in [0.29, 0.717) is 12.6 Å². The van der Waals surface area contributed by atoms with Gasteiger partial charge in [-0.05, 0) is 25.0 Å². The van der Waals surface area contributed by atoms with Crippen LogP contribution in [0.4, 0.5) is 5.69 Å². The first kappa shape index (κ1) is 17.0. The number of hydrogen-bond donors (Lipinski definition) is 1. The van der Waals surface area contributed by atoms with E-state index >= 15 is 0 Å². The predicted octanol–water partition coefficient (Wildman–Crippen LogP) is 1.88. The van der Waals surface area contributed by atoms with Gasteiger partial charge in [0.05, 0.1) is 0 Å². The second-order valence-corrected chi connectivity index (χ2v) is 5.09. The van der Waals surface area contributed by atoms with E-state index < -0.39 is 0 Å². The van der Waals surface area contributed by atoms with Gasteiger partial charge in [-0.2, -0.15) is 0 Å². The molecule has 0 saturated carbocycles. The third kappa shape index (κ3) is 4.20. The third-order valence-electron chi connectivity index (χ3n) is 3.74. The Labute approximate surface area is 127 Å². The molecule has 0 atom stereocenters. The van der Waals surface area contributed by atoms with Crippen LogP contribution in [-0.2, 0) is 4.79 Å². The van der Waals surface area contributed by atoms with Gasteiger partial charge >= 0.3 is 0 Å². The maximum Gasteiger partial charge on any atom is 0.224 e. The lowest BCUT2D eigenvalue weighted by molar-refractivity contribution is -0.117. The summed E-state index contributed by atoms with van der Waals surface area (Å²) < 4.78 is 0. The van der Waals surface area contributed by atoms with Crippen molar-refractivity contribution in [3.8, 4) is 0 Å². The summed E-state index contributed by atoms with van der Waals surface area (Å²) in [5.41, 5.74) is 6.59. The summed E-state index contributed by atoms with van der Waals surface area (Å²) in [7, 11) is 0. The molecule has 0 aromatic heterocycles. The molecular formula is C15H24ClN3O. The van der Waals surface area contributed by atoms with Crippen LogP contribution >= 0.6 is 12.4 Å². The number of likely N-dealkylation sites (tertiary alicyclic amines) is 1. The van der Waals surface area contributed by atoms with Crippen LogP contribution in [0.5, 0.6) is 0 Å². The van der Waals surface area contributed by atoms with E-state index in [1.165, 1.54) is 0 Å². The van der Waals surface area contributed by atoms with Crippen LogP contribution in [0.3, 0.4) is 0 Å². The summed E-state index contributed by atoms with van der Waals surface area (Å²) in [6.07, 6.45) is 2.04. The molecule has 0 aliphatic carbocycles. The largest absolute Gasteiger partial charge is 0.329 e. The lowest BCUT2D eigenvalue weighted by atomic mass is 10.0. The zero-order chi connectivity index (χ0) is 13.7. The Bertz CT molecular complexity index is 405. The minimum atomic E-state index is 0. The topological polar surface area (TPSA) is 49.6 Å². The normalized spacial score (nSPS) is 16.5. The number of benzene rings is 1. The number of carbonyl (C=O) groups is 1. The van der Waals surface area contributed by atoms with Crippen molar-refractivity contribution in [3.63, 3.8) is 0 Å². The second kappa shape index (κ2) is 8.25. The molecule has 0 unspecified atom stereocenters. The number of para-hydroxylation sites is 1. The van der Waals surface area contributed by atoms with Gasteiger partial charge in [-0.1, -0.05) is 18.2 Å². The van der Waals surface area contributed by atoms with E-state index in [4.69, 9.17) is 5.73 Å². The van der Waals surface area contributed by atoms with Crippen LogP contribution in [-0.4, -0.2) is 43.0 Å². The van der Waals surface area contributed by atoms with Crippen LogP contribution in [0.25, 0.3) is 0 Å². The quantitative estimate of drug-likeness (QED) is 0.923. The van der Waals surface area contributed by atoms with E-state index in [0.717, 1.165) is 38.2 Å². The number of amides is 1. The first-order chi connectivity index (χ1) is 9.22. The smallest absolute Gasteiger partial charge is 0.224 e. The van der Waals surface area contributed by atoms with Gasteiger partial charge in [-0.3, -0.25) is 4.79 Å². The number of piperidine rings is 1. The Morgan fingerprint density at radius 2 is 1.90 bits per heavy atom. The lowest BCUT2D eigenvalue weighted by Gasteiger charge is -2.38. The SMILES string of the molecule is CC(=O)N(c1ccccc1)C1CCN(CCN)CC1.Cl. The summed E-state index contributed by atoms with van der Waals surface area (Å²) in [6.45, 7) is 5.37. The van der Waals surface area contributed by atoms with Crippen LogP contribution in [0.1, 0.15) is 19.8 Å². The van der Waals surface area contributed by atoms with Gasteiger partial charge in [0.1, 0.15) is 0 Å². The third-order valence-corrected chi connectivity index (χ3v) is 3.74. The molecule has 5 heteroatoms. The Hall–Kier alpha value is -1.10. The van der Waals surface area contributed by atoms with Gasteiger partial charge in [-0.15, -0.1) is 12.4 Å². The summed E-state index contributed by atoms with van der Waals surface area (Å²) in [4.78, 5) is 16.3. The molecular weight excluding hydrogens is 274 g/mol. The van der Waals surface area contributed by atoms with Crippen molar-refractivity contribution < 1.29 is 4.79 Å². The predicted molar refractivity (Wildman–Crippen MR) is 85.4 cm³/mol. The second-order valence-electron chi connectivity index (χ2n) is 5.09. The fourth-order valence-corrected chi connectivity index (χ4v) is 2.82. The van der Waals surface area contributed by atoms with Gasteiger partial charge in [-0.25, -0.2) is 0 Å². The van der Waals surface area contributed by atoms with Gasteiger partial charge < -0.3 is 15.5 Å². The molecule has 2 N–H and O–H groups in total. The Kier molecular flexibility index (Phi) is 6.99. The van der Waals surface area contributed by atoms with Crippen LogP contribution in [0.2, 0.25) is 0 Å². The number of rotatable bonds is 4. The standard InChI is InChI=1S/C15H23N3O.ClH/c1-13(19)18(14-5-3-2-4-6-14)15-7-10-17(11-8-15)12-9-16;/h2-6,15H,7-12,16H2,1H3;1H. The zero-order valence-electron chi connectivity index (χ0n) is 12.0. The monoisotopic (exact) mass is 297 g/mol. The van der Waals surface area contributed by atoms with E-state index in [9.17, 15) is 4.79 Å². The number of anilines is 1. The number of nitrogens with zero attached hydrogens (tertiary/aromatic N) is 2. The lowest BCUT2D eigenvalue weighted by Crippen LogP contribution is -2.47. The minimum Gasteiger partial charge on any atom is -0.329 e. The molecule has 1 aliphatic rings. The summed E-state index contributed by atoms with van der Waals surface area (Å²) in [5.74, 6) is 0.128. The zero-order valence-corrected chi connectivity index (χ0v) is 12.8. The maximum atomic E-state index is 11.9. The molecule has 1 aliphatic heterocycles. The Morgan fingerprint density at radius 3 is 2.40 bits per heavy atom. The molecule has 0 radical (unpaired) electrons. The first-order valence-electron chi connectivity index (χ1n) is 6.99. The highest BCUT2D eigenvalue weighted by Crippen LogP contribution is 2.23. The molecule has 2 rings (SSSR count). The highest BCUT2D eigenvalue weighted by Gasteiger charge is 2.26. The molecule has 0 spiro atoms. The Balaban J connectivity index is 0.00000200. The van der Waals surface area contributed by atoms with E-state index in [2.05, 4.69) is 4.90 Å². The van der Waals surface area contributed by atoms with Crippen LogP contribution < -0.4 is 10.6 Å². The van der Waals surface area contributed by atoms with Gasteiger partial charge in [0.15, 0.2) is 0 Å². The molecule has 0 bridgehead atoms. The summed E-state index contributed by atoms with van der Waals surface area (Å²) in [5, 5.41) is 0. The summed E-state index contributed by atoms with van der Waals surface area (Å²) in [6, 6.07) is 10.3. The number of hydrogen-bond acceptors (Lipinski definition) is 3. The van der Waals surface area contributed by atoms with Crippen molar-refractivity contribution in [1.82, 2.24) is 4.90 Å². The average molecular weight is 298 g/mol. The van der Waals surface area contributed by atoms with Gasteiger partial charge in [0.25, 0.3) is 0 Å². The molecule has 4 nitrogen and oxygen atoms in total. The molecule has 1 aromatic rings.